The molecule has 0 fully saturated rings. The second-order valence-electron chi connectivity index (χ2n) is 4.43. The summed E-state index contributed by atoms with van der Waals surface area (Å²) in [5.41, 5.74) is 3.15. The molecule has 6 heteroatoms. The number of hydrogen-bond donors (Lipinski definition) is 1. The molecule has 1 aromatic heterocycles. The molecule has 20 heavy (non-hydrogen) atoms. The second-order valence-corrected chi connectivity index (χ2v) is 5.72. The van der Waals surface area contributed by atoms with Gasteiger partial charge >= 0.3 is 0 Å². The summed E-state index contributed by atoms with van der Waals surface area (Å²) >= 11 is 9.58. The molecule has 0 unspecified atom stereocenters. The first-order chi connectivity index (χ1) is 9.52. The number of halogens is 2. The number of anilines is 1. The fourth-order valence-electron chi connectivity index (χ4n) is 1.89. The van der Waals surface area contributed by atoms with Gasteiger partial charge in [-0.25, -0.2) is 0 Å². The molecule has 2 aromatic rings. The molecule has 0 aliphatic rings. The van der Waals surface area contributed by atoms with Crippen molar-refractivity contribution in [1.82, 2.24) is 9.78 Å². The third kappa shape index (κ3) is 3.27. The molecule has 0 radical (unpaired) electrons. The molecule has 4 nitrogen and oxygen atoms in total. The number of ether oxygens (including phenoxy) is 1. The molecule has 0 bridgehead atoms. The quantitative estimate of drug-likeness (QED) is 0.872. The molecule has 0 aliphatic carbocycles. The summed E-state index contributed by atoms with van der Waals surface area (Å²) in [7, 11) is 1.93. The highest BCUT2D eigenvalue weighted by Crippen LogP contribution is 2.36. The topological polar surface area (TPSA) is 39.1 Å². The van der Waals surface area contributed by atoms with Crippen molar-refractivity contribution in [1.29, 1.82) is 0 Å². The molecule has 1 aromatic carbocycles. The van der Waals surface area contributed by atoms with Gasteiger partial charge in [0.2, 0.25) is 0 Å². The smallest absolute Gasteiger partial charge is 0.156 e. The van der Waals surface area contributed by atoms with Crippen molar-refractivity contribution < 1.29 is 4.74 Å². The van der Waals surface area contributed by atoms with Crippen molar-refractivity contribution >= 4 is 33.2 Å². The van der Waals surface area contributed by atoms with Crippen LogP contribution in [0.5, 0.6) is 5.75 Å². The predicted octanol–water partition coefficient (Wildman–Crippen LogP) is 4.16. The van der Waals surface area contributed by atoms with E-state index in [9.17, 15) is 0 Å². The molecule has 0 spiro atoms. The summed E-state index contributed by atoms with van der Waals surface area (Å²) < 4.78 is 8.36. The van der Waals surface area contributed by atoms with Gasteiger partial charge in [0.15, 0.2) is 5.75 Å². The Morgan fingerprint density at radius 2 is 2.20 bits per heavy atom. The Morgan fingerprint density at radius 3 is 2.80 bits per heavy atom. The van der Waals surface area contributed by atoms with Gasteiger partial charge < -0.3 is 10.1 Å². The fraction of sp³-hybridized carbons (Fsp3) is 0.357. The van der Waals surface area contributed by atoms with Crippen molar-refractivity contribution in [3.8, 4) is 5.75 Å². The lowest BCUT2D eigenvalue weighted by Gasteiger charge is -2.14. The molecular weight excluding hydrogens is 342 g/mol. The van der Waals surface area contributed by atoms with E-state index in [2.05, 4.69) is 26.3 Å². The van der Waals surface area contributed by atoms with E-state index in [0.29, 0.717) is 18.2 Å². The molecule has 1 N–H and O–H groups in total. The molecule has 0 saturated carbocycles. The van der Waals surface area contributed by atoms with Gasteiger partial charge in [0, 0.05) is 29.9 Å². The van der Waals surface area contributed by atoms with Crippen LogP contribution in [0.15, 0.2) is 22.8 Å². The van der Waals surface area contributed by atoms with Crippen LogP contribution in [0.2, 0.25) is 5.02 Å². The zero-order valence-electron chi connectivity index (χ0n) is 11.7. The lowest BCUT2D eigenvalue weighted by molar-refractivity contribution is 0.339. The number of rotatable bonds is 5. The van der Waals surface area contributed by atoms with Crippen LogP contribution in [0.3, 0.4) is 0 Å². The predicted molar refractivity (Wildman–Crippen MR) is 85.6 cm³/mol. The van der Waals surface area contributed by atoms with Gasteiger partial charge in [0.25, 0.3) is 0 Å². The molecule has 0 atom stereocenters. The Morgan fingerprint density at radius 1 is 1.45 bits per heavy atom. The van der Waals surface area contributed by atoms with Crippen LogP contribution in [0.4, 0.5) is 5.69 Å². The van der Waals surface area contributed by atoms with Crippen LogP contribution >= 0.6 is 27.5 Å². The number of hydrogen-bond acceptors (Lipinski definition) is 3. The highest BCUT2D eigenvalue weighted by molar-refractivity contribution is 9.10. The van der Waals surface area contributed by atoms with E-state index in [1.165, 1.54) is 0 Å². The Kier molecular flexibility index (Phi) is 4.94. The van der Waals surface area contributed by atoms with Crippen molar-refractivity contribution in [3.63, 3.8) is 0 Å². The van der Waals surface area contributed by atoms with Gasteiger partial charge in [0.1, 0.15) is 0 Å². The number of aryl methyl sites for hydroxylation is 1. The van der Waals surface area contributed by atoms with E-state index < -0.39 is 0 Å². The third-order valence-electron chi connectivity index (χ3n) is 3.10. The van der Waals surface area contributed by atoms with Crippen LogP contribution in [0, 0.1) is 6.92 Å². The van der Waals surface area contributed by atoms with Crippen LogP contribution in [-0.2, 0) is 13.6 Å². The normalized spacial score (nSPS) is 10.7. The van der Waals surface area contributed by atoms with Gasteiger partial charge in [0.05, 0.1) is 23.0 Å². The minimum absolute atomic E-state index is 0.598. The van der Waals surface area contributed by atoms with E-state index in [1.807, 2.05) is 43.9 Å². The van der Waals surface area contributed by atoms with Crippen LogP contribution in [-0.4, -0.2) is 16.4 Å². The van der Waals surface area contributed by atoms with E-state index >= 15 is 0 Å². The summed E-state index contributed by atoms with van der Waals surface area (Å²) in [6.45, 7) is 5.27. The first kappa shape index (κ1) is 15.2. The van der Waals surface area contributed by atoms with E-state index in [-0.39, 0.29) is 0 Å². The summed E-state index contributed by atoms with van der Waals surface area (Å²) in [4.78, 5) is 0. The van der Waals surface area contributed by atoms with Gasteiger partial charge in [-0.2, -0.15) is 5.10 Å². The molecule has 1 heterocycles. The van der Waals surface area contributed by atoms with E-state index in [4.69, 9.17) is 16.3 Å². The monoisotopic (exact) mass is 357 g/mol. The van der Waals surface area contributed by atoms with Gasteiger partial charge in [-0.05, 0) is 41.9 Å². The first-order valence-electron chi connectivity index (χ1n) is 6.36. The molecule has 108 valence electrons. The SMILES string of the molecule is CCOc1c(Br)cc(Cl)cc1NCc1cnn(C)c1C. The second kappa shape index (κ2) is 6.50. The van der Waals surface area contributed by atoms with Crippen LogP contribution in [0.25, 0.3) is 0 Å². The number of nitrogens with zero attached hydrogens (tertiary/aromatic N) is 2. The third-order valence-corrected chi connectivity index (χ3v) is 3.91. The van der Waals surface area contributed by atoms with E-state index in [1.54, 1.807) is 0 Å². The van der Waals surface area contributed by atoms with Crippen LogP contribution < -0.4 is 10.1 Å². The molecule has 0 aliphatic heterocycles. The molecular formula is C14H17BrClN3O. The van der Waals surface area contributed by atoms with Gasteiger partial charge in [-0.15, -0.1) is 0 Å². The minimum atomic E-state index is 0.598. The highest BCUT2D eigenvalue weighted by atomic mass is 79.9. The number of benzene rings is 1. The maximum absolute atomic E-state index is 6.10. The lowest BCUT2D eigenvalue weighted by atomic mass is 10.2. The zero-order valence-corrected chi connectivity index (χ0v) is 14.0. The minimum Gasteiger partial charge on any atom is -0.491 e. The average molecular weight is 359 g/mol. The van der Waals surface area contributed by atoms with Gasteiger partial charge in [-0.3, -0.25) is 4.68 Å². The summed E-state index contributed by atoms with van der Waals surface area (Å²) in [6, 6.07) is 3.69. The molecule has 0 saturated heterocycles. The van der Waals surface area contributed by atoms with Crippen molar-refractivity contribution in [3.05, 3.63) is 39.1 Å². The summed E-state index contributed by atoms with van der Waals surface area (Å²) in [5.74, 6) is 0.776. The highest BCUT2D eigenvalue weighted by Gasteiger charge is 2.11. The maximum atomic E-state index is 6.10. The summed E-state index contributed by atoms with van der Waals surface area (Å²) in [6.07, 6.45) is 1.86. The Balaban J connectivity index is 2.22. The Labute approximate surface area is 132 Å². The lowest BCUT2D eigenvalue weighted by Crippen LogP contribution is -2.04. The van der Waals surface area contributed by atoms with Crippen LogP contribution in [0.1, 0.15) is 18.2 Å². The maximum Gasteiger partial charge on any atom is 0.156 e. The van der Waals surface area contributed by atoms with Crippen molar-refractivity contribution in [2.24, 2.45) is 7.05 Å². The van der Waals surface area contributed by atoms with E-state index in [0.717, 1.165) is 27.2 Å². The molecule has 2 rings (SSSR count). The van der Waals surface area contributed by atoms with Crippen molar-refractivity contribution in [2.45, 2.75) is 20.4 Å². The standard InChI is InChI=1S/C14H17BrClN3O/c1-4-20-14-12(15)5-11(16)6-13(14)17-7-10-8-18-19(3)9(10)2/h5-6,8,17H,4,7H2,1-3H3. The first-order valence-corrected chi connectivity index (χ1v) is 7.53. The summed E-state index contributed by atoms with van der Waals surface area (Å²) in [5, 5.41) is 8.25. The largest absolute Gasteiger partial charge is 0.491 e. The fourth-order valence-corrected chi connectivity index (χ4v) is 2.82. The Bertz CT molecular complexity index is 613. The van der Waals surface area contributed by atoms with Gasteiger partial charge in [-0.1, -0.05) is 11.6 Å². The number of nitrogens with one attached hydrogen (secondary N) is 1. The Hall–Kier alpha value is -1.20. The van der Waals surface area contributed by atoms with Crippen molar-refractivity contribution in [2.75, 3.05) is 11.9 Å². The molecule has 0 amide bonds. The average Bonchev–Trinajstić information content (AvgIpc) is 2.71. The number of aromatic nitrogens is 2. The zero-order chi connectivity index (χ0) is 14.7.